The van der Waals surface area contributed by atoms with Crippen molar-refractivity contribution in [2.45, 2.75) is 26.7 Å². The van der Waals surface area contributed by atoms with E-state index in [0.29, 0.717) is 5.78 Å². The van der Waals surface area contributed by atoms with E-state index in [1.54, 1.807) is 0 Å². The lowest BCUT2D eigenvalue weighted by Gasteiger charge is -2.37. The van der Waals surface area contributed by atoms with Crippen LogP contribution >= 0.6 is 0 Å². The molecule has 2 rings (SSSR count). The standard InChI is InChI=1S/C15H29N3O/c1-15(2,12-18-10-6-16-7-11-18)14(19)13-4-8-17(3)9-5-13/h13,16H,4-12H2,1-3H3. The molecule has 110 valence electrons. The quantitative estimate of drug-likeness (QED) is 0.818. The lowest BCUT2D eigenvalue weighted by molar-refractivity contribution is -0.133. The predicted molar refractivity (Wildman–Crippen MR) is 78.3 cm³/mol. The van der Waals surface area contributed by atoms with E-state index in [0.717, 1.165) is 58.7 Å². The maximum atomic E-state index is 12.7. The molecule has 2 heterocycles. The molecule has 0 unspecified atom stereocenters. The monoisotopic (exact) mass is 267 g/mol. The molecule has 0 aliphatic carbocycles. The van der Waals surface area contributed by atoms with E-state index in [1.165, 1.54) is 0 Å². The van der Waals surface area contributed by atoms with Crippen molar-refractivity contribution in [3.63, 3.8) is 0 Å². The van der Waals surface area contributed by atoms with Crippen LogP contribution < -0.4 is 5.32 Å². The zero-order valence-electron chi connectivity index (χ0n) is 12.7. The first-order valence-electron chi connectivity index (χ1n) is 7.65. The van der Waals surface area contributed by atoms with Gasteiger partial charge in [-0.2, -0.15) is 0 Å². The summed E-state index contributed by atoms with van der Waals surface area (Å²) in [6.07, 6.45) is 2.08. The highest BCUT2D eigenvalue weighted by molar-refractivity contribution is 5.86. The van der Waals surface area contributed by atoms with Gasteiger partial charge in [-0.25, -0.2) is 0 Å². The molecule has 0 atom stereocenters. The van der Waals surface area contributed by atoms with Gasteiger partial charge in [0.25, 0.3) is 0 Å². The molecular weight excluding hydrogens is 238 g/mol. The highest BCUT2D eigenvalue weighted by Gasteiger charge is 2.36. The van der Waals surface area contributed by atoms with Gasteiger partial charge in [0.05, 0.1) is 0 Å². The van der Waals surface area contributed by atoms with E-state index in [-0.39, 0.29) is 11.3 Å². The molecule has 4 heteroatoms. The molecule has 0 spiro atoms. The fourth-order valence-electron chi connectivity index (χ4n) is 3.33. The van der Waals surface area contributed by atoms with Crippen LogP contribution in [0.2, 0.25) is 0 Å². The molecule has 2 saturated heterocycles. The van der Waals surface area contributed by atoms with Gasteiger partial charge in [-0.1, -0.05) is 13.8 Å². The molecule has 0 saturated carbocycles. The van der Waals surface area contributed by atoms with Gasteiger partial charge in [-0.05, 0) is 33.0 Å². The number of nitrogens with zero attached hydrogens (tertiary/aromatic N) is 2. The maximum Gasteiger partial charge on any atom is 0.142 e. The van der Waals surface area contributed by atoms with Crippen LogP contribution in [-0.4, -0.2) is 68.4 Å². The number of hydrogen-bond acceptors (Lipinski definition) is 4. The summed E-state index contributed by atoms with van der Waals surface area (Å²) < 4.78 is 0. The average molecular weight is 267 g/mol. The van der Waals surface area contributed by atoms with Crippen LogP contribution in [0.25, 0.3) is 0 Å². The van der Waals surface area contributed by atoms with Crippen LogP contribution in [0, 0.1) is 11.3 Å². The molecule has 1 N–H and O–H groups in total. The maximum absolute atomic E-state index is 12.7. The van der Waals surface area contributed by atoms with Crippen molar-refractivity contribution in [3.8, 4) is 0 Å². The minimum atomic E-state index is -0.197. The number of Topliss-reactive ketones (excluding diaryl/α,β-unsaturated/α-hetero) is 1. The third kappa shape index (κ3) is 4.01. The summed E-state index contributed by atoms with van der Waals surface area (Å²) in [5.74, 6) is 0.772. The largest absolute Gasteiger partial charge is 0.314 e. The van der Waals surface area contributed by atoms with Gasteiger partial charge in [0, 0.05) is 44.1 Å². The van der Waals surface area contributed by atoms with Gasteiger partial charge in [0.2, 0.25) is 0 Å². The molecule has 0 amide bonds. The highest BCUT2D eigenvalue weighted by atomic mass is 16.1. The topological polar surface area (TPSA) is 35.6 Å². The molecule has 0 bridgehead atoms. The Kier molecular flexibility index (Phi) is 4.98. The number of carbonyl (C=O) groups excluding carboxylic acids is 1. The molecule has 2 aliphatic rings. The Morgan fingerprint density at radius 1 is 1.16 bits per heavy atom. The second-order valence-electron chi connectivity index (χ2n) is 6.85. The number of hydrogen-bond donors (Lipinski definition) is 1. The highest BCUT2D eigenvalue weighted by Crippen LogP contribution is 2.28. The summed E-state index contributed by atoms with van der Waals surface area (Å²) in [5, 5.41) is 3.37. The molecule has 0 aromatic rings. The molecule has 2 fully saturated rings. The Hall–Kier alpha value is -0.450. The fraction of sp³-hybridized carbons (Fsp3) is 0.933. The van der Waals surface area contributed by atoms with E-state index in [1.807, 2.05) is 0 Å². The van der Waals surface area contributed by atoms with Gasteiger partial charge in [-0.15, -0.1) is 0 Å². The summed E-state index contributed by atoms with van der Waals surface area (Å²) >= 11 is 0. The molecular formula is C15H29N3O. The third-order valence-electron chi connectivity index (χ3n) is 4.58. The van der Waals surface area contributed by atoms with Crippen molar-refractivity contribution in [2.24, 2.45) is 11.3 Å². The second-order valence-corrected chi connectivity index (χ2v) is 6.85. The van der Waals surface area contributed by atoms with Crippen molar-refractivity contribution >= 4 is 5.78 Å². The van der Waals surface area contributed by atoms with Gasteiger partial charge in [-0.3, -0.25) is 9.69 Å². The van der Waals surface area contributed by atoms with Crippen LogP contribution in [0.15, 0.2) is 0 Å². The Morgan fingerprint density at radius 3 is 2.32 bits per heavy atom. The zero-order valence-corrected chi connectivity index (χ0v) is 12.7. The van der Waals surface area contributed by atoms with Gasteiger partial charge in [0.15, 0.2) is 0 Å². The van der Waals surface area contributed by atoms with E-state index >= 15 is 0 Å². The zero-order chi connectivity index (χ0) is 13.9. The Labute approximate surface area is 117 Å². The van der Waals surface area contributed by atoms with Crippen LogP contribution in [0.1, 0.15) is 26.7 Å². The summed E-state index contributed by atoms with van der Waals surface area (Å²) in [5.41, 5.74) is -0.197. The Balaban J connectivity index is 1.88. The molecule has 19 heavy (non-hydrogen) atoms. The van der Waals surface area contributed by atoms with Crippen molar-refractivity contribution in [1.82, 2.24) is 15.1 Å². The lowest BCUT2D eigenvalue weighted by atomic mass is 9.77. The smallest absolute Gasteiger partial charge is 0.142 e. The number of nitrogens with one attached hydrogen (secondary N) is 1. The normalized spacial score (nSPS) is 24.6. The SMILES string of the molecule is CN1CCC(C(=O)C(C)(C)CN2CCNCC2)CC1. The number of likely N-dealkylation sites (tertiary alicyclic amines) is 1. The first-order valence-corrected chi connectivity index (χ1v) is 7.65. The van der Waals surface area contributed by atoms with Crippen molar-refractivity contribution in [1.29, 1.82) is 0 Å². The molecule has 2 aliphatic heterocycles. The number of piperazine rings is 1. The first-order chi connectivity index (χ1) is 8.99. The summed E-state index contributed by atoms with van der Waals surface area (Å²) in [4.78, 5) is 17.5. The minimum Gasteiger partial charge on any atom is -0.314 e. The van der Waals surface area contributed by atoms with Gasteiger partial charge < -0.3 is 10.2 Å². The first kappa shape index (κ1) is 14.9. The lowest BCUT2D eigenvalue weighted by Crippen LogP contribution is -2.50. The number of carbonyl (C=O) groups is 1. The van der Waals surface area contributed by atoms with E-state index in [9.17, 15) is 4.79 Å². The van der Waals surface area contributed by atoms with Crippen molar-refractivity contribution in [3.05, 3.63) is 0 Å². The Bertz CT molecular complexity index is 303. The second kappa shape index (κ2) is 6.33. The van der Waals surface area contributed by atoms with E-state index < -0.39 is 0 Å². The van der Waals surface area contributed by atoms with Gasteiger partial charge in [0.1, 0.15) is 5.78 Å². The van der Waals surface area contributed by atoms with Crippen molar-refractivity contribution in [2.75, 3.05) is 52.9 Å². The Morgan fingerprint density at radius 2 is 1.74 bits per heavy atom. The number of ketones is 1. The number of rotatable bonds is 4. The molecule has 0 aromatic heterocycles. The molecule has 0 radical (unpaired) electrons. The van der Waals surface area contributed by atoms with Crippen molar-refractivity contribution < 1.29 is 4.79 Å². The summed E-state index contributed by atoms with van der Waals surface area (Å²) in [6, 6.07) is 0. The molecule has 4 nitrogen and oxygen atoms in total. The van der Waals surface area contributed by atoms with Crippen LogP contribution in [0.3, 0.4) is 0 Å². The van der Waals surface area contributed by atoms with Crippen LogP contribution in [-0.2, 0) is 4.79 Å². The third-order valence-corrected chi connectivity index (χ3v) is 4.58. The molecule has 0 aromatic carbocycles. The van der Waals surface area contributed by atoms with Gasteiger partial charge >= 0.3 is 0 Å². The average Bonchev–Trinajstić information content (AvgIpc) is 2.39. The van der Waals surface area contributed by atoms with Crippen LogP contribution in [0.5, 0.6) is 0 Å². The predicted octanol–water partition coefficient (Wildman–Crippen LogP) is 0.829. The number of piperidine rings is 1. The summed E-state index contributed by atoms with van der Waals surface area (Å²) in [7, 11) is 2.15. The fourth-order valence-corrected chi connectivity index (χ4v) is 3.33. The minimum absolute atomic E-state index is 0.197. The summed E-state index contributed by atoms with van der Waals surface area (Å²) in [6.45, 7) is 11.6. The van der Waals surface area contributed by atoms with E-state index in [4.69, 9.17) is 0 Å². The van der Waals surface area contributed by atoms with Crippen LogP contribution in [0.4, 0.5) is 0 Å². The van der Waals surface area contributed by atoms with E-state index in [2.05, 4.69) is 36.0 Å².